The second-order valence-corrected chi connectivity index (χ2v) is 5.67. The highest BCUT2D eigenvalue weighted by molar-refractivity contribution is 7.79. The Morgan fingerprint density at radius 1 is 0.720 bits per heavy atom. The van der Waals surface area contributed by atoms with Crippen LogP contribution in [0.25, 0.3) is 0 Å². The summed E-state index contributed by atoms with van der Waals surface area (Å²) in [7, 11) is -4.67. The summed E-state index contributed by atoms with van der Waals surface area (Å²) in [5.74, 6) is 0. The molecule has 0 bridgehead atoms. The van der Waals surface area contributed by atoms with Crippen molar-refractivity contribution >= 4 is 10.4 Å². The van der Waals surface area contributed by atoms with Crippen LogP contribution in [-0.2, 0) is 10.4 Å². The molecule has 0 aromatic heterocycles. The van der Waals surface area contributed by atoms with Crippen molar-refractivity contribution in [3.63, 3.8) is 0 Å². The van der Waals surface area contributed by atoms with Crippen molar-refractivity contribution in [3.8, 4) is 0 Å². The number of hydrogen-bond acceptors (Lipinski definition) is 6. The van der Waals surface area contributed by atoms with Crippen molar-refractivity contribution in [2.75, 3.05) is 13.1 Å². The van der Waals surface area contributed by atoms with Gasteiger partial charge < -0.3 is 21.7 Å². The molecule has 0 heterocycles. The maximum atomic E-state index is 9.20. The van der Waals surface area contributed by atoms with Gasteiger partial charge in [-0.3, -0.25) is 9.11 Å². The van der Waals surface area contributed by atoms with Crippen molar-refractivity contribution in [1.82, 2.24) is 0 Å². The third-order valence-electron chi connectivity index (χ3n) is 2.82. The van der Waals surface area contributed by atoms with Gasteiger partial charge in [0.2, 0.25) is 0 Å². The van der Waals surface area contributed by atoms with E-state index < -0.39 is 22.6 Å². The molecule has 140 valence electrons. The SMILES string of the molecule is NCC(O)c1ccccc1.NCC(O)c1ccccc1.O=S(=O)(O)O. The molecule has 2 atom stereocenters. The molecule has 0 spiro atoms. The summed E-state index contributed by atoms with van der Waals surface area (Å²) in [5, 5.41) is 18.4. The summed E-state index contributed by atoms with van der Waals surface area (Å²) in [6.45, 7) is 0.564. The summed E-state index contributed by atoms with van der Waals surface area (Å²) in [6.07, 6.45) is -1.03. The Morgan fingerprint density at radius 2 is 0.960 bits per heavy atom. The van der Waals surface area contributed by atoms with Gasteiger partial charge in [-0.1, -0.05) is 60.7 Å². The van der Waals surface area contributed by atoms with Crippen molar-refractivity contribution < 1.29 is 27.7 Å². The standard InChI is InChI=1S/2C8H11NO.H2O4S/c2*9-6-8(10)7-4-2-1-3-5-7;1-5(2,3)4/h2*1-5,8,10H,6,9H2;(H2,1,2,3,4). The molecular formula is C16H24N2O6S. The van der Waals surface area contributed by atoms with Crippen LogP contribution in [0.4, 0.5) is 0 Å². The fourth-order valence-corrected chi connectivity index (χ4v) is 1.62. The monoisotopic (exact) mass is 372 g/mol. The first-order chi connectivity index (χ1) is 11.7. The van der Waals surface area contributed by atoms with E-state index >= 15 is 0 Å². The van der Waals surface area contributed by atoms with E-state index in [9.17, 15) is 10.2 Å². The van der Waals surface area contributed by atoms with E-state index in [0.717, 1.165) is 11.1 Å². The minimum Gasteiger partial charge on any atom is -0.387 e. The van der Waals surface area contributed by atoms with Crippen LogP contribution in [0.5, 0.6) is 0 Å². The Hall–Kier alpha value is -1.85. The molecular weight excluding hydrogens is 348 g/mol. The molecule has 25 heavy (non-hydrogen) atoms. The van der Waals surface area contributed by atoms with Gasteiger partial charge in [0.05, 0.1) is 12.2 Å². The molecule has 2 unspecified atom stereocenters. The summed E-state index contributed by atoms with van der Waals surface area (Å²) < 4.78 is 31.6. The van der Waals surface area contributed by atoms with Crippen molar-refractivity contribution in [2.24, 2.45) is 11.5 Å². The fourth-order valence-electron chi connectivity index (χ4n) is 1.62. The van der Waals surface area contributed by atoms with Crippen LogP contribution in [0, 0.1) is 0 Å². The van der Waals surface area contributed by atoms with E-state index in [1.807, 2.05) is 60.7 Å². The lowest BCUT2D eigenvalue weighted by Crippen LogP contribution is -2.10. The Labute approximate surface area is 147 Å². The van der Waals surface area contributed by atoms with E-state index in [-0.39, 0.29) is 13.1 Å². The van der Waals surface area contributed by atoms with Crippen LogP contribution in [-0.4, -0.2) is 40.8 Å². The number of aliphatic hydroxyl groups is 2. The Kier molecular flexibility index (Phi) is 11.6. The van der Waals surface area contributed by atoms with Crippen molar-refractivity contribution in [3.05, 3.63) is 71.8 Å². The first-order valence-corrected chi connectivity index (χ1v) is 8.64. The molecule has 0 aliphatic carbocycles. The molecule has 0 aliphatic rings. The molecule has 9 heteroatoms. The first kappa shape index (κ1) is 23.1. The second kappa shape index (κ2) is 12.5. The summed E-state index contributed by atoms with van der Waals surface area (Å²) in [5.41, 5.74) is 12.3. The normalized spacial score (nSPS) is 12.7. The summed E-state index contributed by atoms with van der Waals surface area (Å²) in [6, 6.07) is 18.8. The van der Waals surface area contributed by atoms with Crippen molar-refractivity contribution in [1.29, 1.82) is 0 Å². The lowest BCUT2D eigenvalue weighted by Gasteiger charge is -2.05. The number of rotatable bonds is 4. The predicted octanol–water partition coefficient (Wildman–Crippen LogP) is 0.705. The van der Waals surface area contributed by atoms with Gasteiger partial charge in [-0.05, 0) is 11.1 Å². The predicted molar refractivity (Wildman–Crippen MR) is 95.1 cm³/mol. The van der Waals surface area contributed by atoms with Gasteiger partial charge in [0.1, 0.15) is 0 Å². The maximum absolute atomic E-state index is 9.20. The molecule has 8 nitrogen and oxygen atoms in total. The third kappa shape index (κ3) is 13.2. The highest BCUT2D eigenvalue weighted by atomic mass is 32.3. The van der Waals surface area contributed by atoms with Gasteiger partial charge in [0.25, 0.3) is 0 Å². The maximum Gasteiger partial charge on any atom is 0.394 e. The largest absolute Gasteiger partial charge is 0.394 e. The number of hydrogen-bond donors (Lipinski definition) is 6. The lowest BCUT2D eigenvalue weighted by atomic mass is 10.1. The highest BCUT2D eigenvalue weighted by Crippen LogP contribution is 2.09. The smallest absolute Gasteiger partial charge is 0.387 e. The zero-order valence-electron chi connectivity index (χ0n) is 13.5. The molecule has 2 aromatic carbocycles. The van der Waals surface area contributed by atoms with E-state index in [2.05, 4.69) is 0 Å². The van der Waals surface area contributed by atoms with Gasteiger partial charge >= 0.3 is 10.4 Å². The number of nitrogens with two attached hydrogens (primary N) is 2. The average Bonchev–Trinajstić information content (AvgIpc) is 2.61. The zero-order valence-corrected chi connectivity index (χ0v) is 14.3. The van der Waals surface area contributed by atoms with Crippen LogP contribution in [0.15, 0.2) is 60.7 Å². The van der Waals surface area contributed by atoms with E-state index in [4.69, 9.17) is 29.0 Å². The molecule has 0 radical (unpaired) electrons. The van der Waals surface area contributed by atoms with Gasteiger partial charge in [0.15, 0.2) is 0 Å². The molecule has 0 saturated carbocycles. The molecule has 0 fully saturated rings. The average molecular weight is 372 g/mol. The number of aliphatic hydroxyl groups excluding tert-OH is 2. The highest BCUT2D eigenvalue weighted by Gasteiger charge is 2.01. The summed E-state index contributed by atoms with van der Waals surface area (Å²) in [4.78, 5) is 0. The molecule has 2 rings (SSSR count). The van der Waals surface area contributed by atoms with Crippen LogP contribution in [0.1, 0.15) is 23.3 Å². The molecule has 0 amide bonds. The molecule has 8 N–H and O–H groups in total. The van der Waals surface area contributed by atoms with E-state index in [1.165, 1.54) is 0 Å². The topological polar surface area (TPSA) is 167 Å². The zero-order chi connectivity index (χ0) is 19.3. The fraction of sp³-hybridized carbons (Fsp3) is 0.250. The third-order valence-corrected chi connectivity index (χ3v) is 2.82. The minimum absolute atomic E-state index is 0.282. The van der Waals surface area contributed by atoms with Gasteiger partial charge in [-0.2, -0.15) is 8.42 Å². The number of benzene rings is 2. The molecule has 2 aromatic rings. The Morgan fingerprint density at radius 3 is 1.16 bits per heavy atom. The van der Waals surface area contributed by atoms with Crippen LogP contribution < -0.4 is 11.5 Å². The van der Waals surface area contributed by atoms with E-state index in [0.29, 0.717) is 0 Å². The Bertz CT molecular complexity index is 614. The first-order valence-electron chi connectivity index (χ1n) is 7.25. The van der Waals surface area contributed by atoms with E-state index in [1.54, 1.807) is 0 Å². The quantitative estimate of drug-likeness (QED) is 0.426. The van der Waals surface area contributed by atoms with Crippen LogP contribution >= 0.6 is 0 Å². The molecule has 0 saturated heterocycles. The Balaban J connectivity index is 0.000000368. The minimum atomic E-state index is -4.67. The lowest BCUT2D eigenvalue weighted by molar-refractivity contribution is 0.186. The van der Waals surface area contributed by atoms with Crippen LogP contribution in [0.2, 0.25) is 0 Å². The van der Waals surface area contributed by atoms with Crippen molar-refractivity contribution in [2.45, 2.75) is 12.2 Å². The van der Waals surface area contributed by atoms with Gasteiger partial charge in [0, 0.05) is 13.1 Å². The van der Waals surface area contributed by atoms with Gasteiger partial charge in [-0.25, -0.2) is 0 Å². The molecule has 0 aliphatic heterocycles. The second-order valence-electron chi connectivity index (χ2n) is 4.77. The van der Waals surface area contributed by atoms with Crippen LogP contribution in [0.3, 0.4) is 0 Å². The van der Waals surface area contributed by atoms with Gasteiger partial charge in [-0.15, -0.1) is 0 Å². The summed E-state index contributed by atoms with van der Waals surface area (Å²) >= 11 is 0.